The average Bonchev–Trinajstić information content (AvgIpc) is 2.91. The van der Waals surface area contributed by atoms with Crippen molar-refractivity contribution in [3.8, 4) is 5.75 Å². The summed E-state index contributed by atoms with van der Waals surface area (Å²) in [6, 6.07) is 14.8. The molecule has 194 valence electrons. The van der Waals surface area contributed by atoms with E-state index in [0.717, 1.165) is 27.7 Å². The molecule has 1 atom stereocenters. The van der Waals surface area contributed by atoms with Crippen LogP contribution in [0.5, 0.6) is 5.75 Å². The van der Waals surface area contributed by atoms with Gasteiger partial charge in [-0.05, 0) is 69.0 Å². The van der Waals surface area contributed by atoms with Gasteiger partial charge in [-0.15, -0.1) is 0 Å². The van der Waals surface area contributed by atoms with E-state index in [0.29, 0.717) is 48.8 Å². The normalized spacial score (nSPS) is 14.8. The number of sulfone groups is 1. The summed E-state index contributed by atoms with van der Waals surface area (Å²) in [5.41, 5.74) is 4.32. The van der Waals surface area contributed by atoms with E-state index >= 15 is 0 Å². The Morgan fingerprint density at radius 2 is 1.81 bits per heavy atom. The second-order valence-electron chi connectivity index (χ2n) is 9.03. The molecule has 1 fully saturated rings. The number of nitrogens with zero attached hydrogens (tertiary/aromatic N) is 3. The molecule has 1 aromatic heterocycles. The van der Waals surface area contributed by atoms with Crippen LogP contribution in [-0.4, -0.2) is 52.8 Å². The van der Waals surface area contributed by atoms with Crippen LogP contribution in [-0.2, 0) is 21.2 Å². The zero-order chi connectivity index (χ0) is 26.4. The molecule has 0 radical (unpaired) electrons. The monoisotopic (exact) mass is 523 g/mol. The van der Waals surface area contributed by atoms with E-state index < -0.39 is 21.6 Å². The molecule has 1 unspecified atom stereocenters. The van der Waals surface area contributed by atoms with E-state index in [1.165, 1.54) is 12.1 Å². The maximum atomic E-state index is 13.1. The summed E-state index contributed by atoms with van der Waals surface area (Å²) in [6.07, 6.45) is 4.04. The third kappa shape index (κ3) is 6.52. The van der Waals surface area contributed by atoms with Crippen LogP contribution in [0.3, 0.4) is 0 Å². The lowest BCUT2D eigenvalue weighted by Crippen LogP contribution is -2.36. The van der Waals surface area contributed by atoms with Crippen molar-refractivity contribution in [3.05, 3.63) is 77.5 Å². The molecule has 0 saturated heterocycles. The molecule has 3 aromatic rings. The Hall–Kier alpha value is -3.76. The summed E-state index contributed by atoms with van der Waals surface area (Å²) in [5.74, 6) is 0.0335. The Bertz CT molecular complexity index is 1420. The number of amides is 1. The predicted molar refractivity (Wildman–Crippen MR) is 139 cm³/mol. The smallest absolute Gasteiger partial charge is 0.233 e. The van der Waals surface area contributed by atoms with Crippen LogP contribution in [0.4, 0.5) is 0 Å². The molecule has 1 saturated carbocycles. The van der Waals surface area contributed by atoms with Gasteiger partial charge in [0.25, 0.3) is 0 Å². The van der Waals surface area contributed by atoms with Crippen LogP contribution < -0.4 is 4.74 Å². The number of oxime groups is 1. The summed E-state index contributed by atoms with van der Waals surface area (Å²) in [4.78, 5) is 15.8. The van der Waals surface area contributed by atoms with Gasteiger partial charge in [-0.2, -0.15) is 0 Å². The highest BCUT2D eigenvalue weighted by molar-refractivity contribution is 7.91. The quantitative estimate of drug-likeness (QED) is 0.139. The Labute approximate surface area is 215 Å². The maximum absolute atomic E-state index is 13.1. The number of benzene rings is 2. The highest BCUT2D eigenvalue weighted by Gasteiger charge is 2.25. The van der Waals surface area contributed by atoms with Gasteiger partial charge in [0, 0.05) is 16.6 Å². The molecular formula is C27H29N3O6S. The Balaban J connectivity index is 1.46. The van der Waals surface area contributed by atoms with E-state index in [2.05, 4.69) is 10.1 Å². The third-order valence-electron chi connectivity index (χ3n) is 6.38. The van der Waals surface area contributed by atoms with Crippen LogP contribution in [0.15, 0.2) is 76.3 Å². The van der Waals surface area contributed by atoms with Gasteiger partial charge in [0.05, 0.1) is 27.9 Å². The molecule has 1 aliphatic carbocycles. The Morgan fingerprint density at radius 1 is 1.11 bits per heavy atom. The van der Waals surface area contributed by atoms with Gasteiger partial charge in [-0.3, -0.25) is 15.0 Å². The molecule has 0 bridgehead atoms. The lowest BCUT2D eigenvalue weighted by molar-refractivity contribution is -0.154. The zero-order valence-electron chi connectivity index (χ0n) is 20.4. The summed E-state index contributed by atoms with van der Waals surface area (Å²) in [6.45, 7) is 2.22. The number of carbonyl (C=O) groups excluding carboxylic acids is 1. The van der Waals surface area contributed by atoms with Crippen LogP contribution in [0.25, 0.3) is 10.9 Å². The van der Waals surface area contributed by atoms with E-state index in [-0.39, 0.29) is 11.3 Å². The number of carbonyl (C=O) groups is 1. The molecule has 4 rings (SSSR count). The van der Waals surface area contributed by atoms with E-state index in [1.807, 2.05) is 37.3 Å². The van der Waals surface area contributed by atoms with Crippen molar-refractivity contribution in [2.45, 2.75) is 50.2 Å². The largest absolute Gasteiger partial charge is 0.489 e. The van der Waals surface area contributed by atoms with E-state index in [1.54, 1.807) is 18.2 Å². The maximum Gasteiger partial charge on any atom is 0.233 e. The number of hydroxylamine groups is 2. The Morgan fingerprint density at radius 3 is 2.49 bits per heavy atom. The first-order valence-electron chi connectivity index (χ1n) is 11.9. The number of aromatic nitrogens is 1. The van der Waals surface area contributed by atoms with Crippen molar-refractivity contribution in [2.24, 2.45) is 5.16 Å². The fourth-order valence-electron chi connectivity index (χ4n) is 4.42. The van der Waals surface area contributed by atoms with E-state index in [4.69, 9.17) is 9.94 Å². The van der Waals surface area contributed by atoms with Crippen LogP contribution >= 0.6 is 0 Å². The molecule has 2 N–H and O–H groups in total. The van der Waals surface area contributed by atoms with Crippen molar-refractivity contribution in [1.82, 2.24) is 10.0 Å². The Kier molecular flexibility index (Phi) is 8.20. The lowest BCUT2D eigenvalue weighted by Gasteiger charge is -2.23. The van der Waals surface area contributed by atoms with Crippen LogP contribution in [0.1, 0.15) is 36.9 Å². The number of hydrogen-bond donors (Lipinski definition) is 2. The van der Waals surface area contributed by atoms with Gasteiger partial charge in [-0.1, -0.05) is 35.0 Å². The number of ether oxygens (including phenoxy) is 1. The fraction of sp³-hybridized carbons (Fsp3) is 0.296. The number of fused-ring (bicyclic) bond motifs is 1. The van der Waals surface area contributed by atoms with Crippen LogP contribution in [0.2, 0.25) is 0 Å². The number of pyridine rings is 1. The molecule has 0 aliphatic heterocycles. The van der Waals surface area contributed by atoms with Crippen molar-refractivity contribution < 1.29 is 28.4 Å². The molecule has 10 heteroatoms. The van der Waals surface area contributed by atoms with Gasteiger partial charge in [0.2, 0.25) is 6.41 Å². The second kappa shape index (κ2) is 11.5. The minimum absolute atomic E-state index is 0.0612. The molecule has 1 amide bonds. The number of rotatable bonds is 9. The molecule has 1 aliphatic rings. The topological polar surface area (TPSA) is 129 Å². The summed E-state index contributed by atoms with van der Waals surface area (Å²) in [7, 11) is -3.83. The molecule has 1 heterocycles. The number of aryl methyl sites for hydroxylation is 1. The minimum Gasteiger partial charge on any atom is -0.489 e. The lowest BCUT2D eigenvalue weighted by atomic mass is 9.92. The van der Waals surface area contributed by atoms with Gasteiger partial charge in [0.15, 0.2) is 9.84 Å². The van der Waals surface area contributed by atoms with Crippen molar-refractivity contribution >= 4 is 32.9 Å². The third-order valence-corrected chi connectivity index (χ3v) is 8.15. The fourth-order valence-corrected chi connectivity index (χ4v) is 5.86. The average molecular weight is 524 g/mol. The summed E-state index contributed by atoms with van der Waals surface area (Å²) >= 11 is 0. The van der Waals surface area contributed by atoms with Gasteiger partial charge >= 0.3 is 0 Å². The first-order valence-corrected chi connectivity index (χ1v) is 13.6. The number of para-hydroxylation sites is 1. The van der Waals surface area contributed by atoms with Gasteiger partial charge in [0.1, 0.15) is 12.4 Å². The number of hydrogen-bond acceptors (Lipinski definition) is 8. The molecule has 2 aromatic carbocycles. The number of allylic oxidation sites excluding steroid dienone is 1. The SMILES string of the molecule is Cc1cc(COc2ccc(S(=O)(=O)CC(C=C3CCC(=NO)CC3)N(O)C=O)cc2)c2ccccc2n1. The first-order chi connectivity index (χ1) is 17.8. The van der Waals surface area contributed by atoms with Gasteiger partial charge in [-0.25, -0.2) is 13.5 Å². The molecule has 9 nitrogen and oxygen atoms in total. The first kappa shape index (κ1) is 26.3. The highest BCUT2D eigenvalue weighted by Crippen LogP contribution is 2.25. The predicted octanol–water partition coefficient (Wildman–Crippen LogP) is 4.44. The van der Waals surface area contributed by atoms with Gasteiger partial charge < -0.3 is 9.94 Å². The van der Waals surface area contributed by atoms with Crippen molar-refractivity contribution in [3.63, 3.8) is 0 Å². The summed E-state index contributed by atoms with van der Waals surface area (Å²) in [5, 5.41) is 23.6. The standard InChI is InChI=1S/C27H29N3O6S/c1-19-14-21(26-4-2-3-5-27(26)28-19)16-36-24-10-12-25(13-11-24)37(34,35)17-23(30(33)18-31)15-20-6-8-22(29-32)9-7-20/h2-5,10-15,18,23,32-33H,6-9,16-17H2,1H3. The summed E-state index contributed by atoms with van der Waals surface area (Å²) < 4.78 is 32.1. The highest BCUT2D eigenvalue weighted by atomic mass is 32.2. The van der Waals surface area contributed by atoms with Crippen LogP contribution in [0, 0.1) is 6.92 Å². The zero-order valence-corrected chi connectivity index (χ0v) is 21.3. The minimum atomic E-state index is -3.83. The molecule has 37 heavy (non-hydrogen) atoms. The van der Waals surface area contributed by atoms with Crippen molar-refractivity contribution in [2.75, 3.05) is 5.75 Å². The second-order valence-corrected chi connectivity index (χ2v) is 11.1. The van der Waals surface area contributed by atoms with Crippen molar-refractivity contribution in [1.29, 1.82) is 0 Å². The molecule has 0 spiro atoms. The van der Waals surface area contributed by atoms with E-state index in [9.17, 15) is 18.4 Å². The molecular weight excluding hydrogens is 494 g/mol.